The van der Waals surface area contributed by atoms with E-state index in [9.17, 15) is 8.42 Å². The van der Waals surface area contributed by atoms with Crippen molar-refractivity contribution in [1.29, 1.82) is 0 Å². The molecule has 8 nitrogen and oxygen atoms in total. The second-order valence-electron chi connectivity index (χ2n) is 5.83. The molecule has 3 rings (SSSR count). The Morgan fingerprint density at radius 1 is 1.39 bits per heavy atom. The summed E-state index contributed by atoms with van der Waals surface area (Å²) in [5.74, 6) is 0.0351. The molecule has 2 aromatic heterocycles. The lowest BCUT2D eigenvalue weighted by atomic mass is 10.3. The highest BCUT2D eigenvalue weighted by atomic mass is 32.2. The maximum absolute atomic E-state index is 12.4. The Morgan fingerprint density at radius 3 is 2.74 bits per heavy atom. The van der Waals surface area contributed by atoms with Crippen LogP contribution in [0.25, 0.3) is 4.96 Å². The van der Waals surface area contributed by atoms with Crippen LogP contribution in [-0.4, -0.2) is 64.9 Å². The fraction of sp³-hybridized carbons (Fsp3) is 0.692. The largest absolute Gasteiger partial charge is 0.373 e. The molecule has 2 atom stereocenters. The molecule has 0 spiro atoms. The number of sulfonamides is 1. The van der Waals surface area contributed by atoms with Crippen LogP contribution in [0.2, 0.25) is 0 Å². The van der Waals surface area contributed by atoms with Gasteiger partial charge in [0.05, 0.1) is 29.9 Å². The second-order valence-corrected chi connectivity index (χ2v) is 8.88. The van der Waals surface area contributed by atoms with E-state index in [0.717, 1.165) is 10.7 Å². The van der Waals surface area contributed by atoms with Crippen molar-refractivity contribution in [3.05, 3.63) is 11.9 Å². The summed E-state index contributed by atoms with van der Waals surface area (Å²) >= 11 is 1.41. The van der Waals surface area contributed by atoms with E-state index in [1.807, 2.05) is 27.0 Å². The van der Waals surface area contributed by atoms with E-state index >= 15 is 0 Å². The Hall–Kier alpha value is -1.23. The number of aromatic nitrogens is 3. The van der Waals surface area contributed by atoms with Crippen LogP contribution in [0, 0.1) is 6.92 Å². The summed E-state index contributed by atoms with van der Waals surface area (Å²) in [5, 5.41) is 8.06. The molecule has 3 heterocycles. The first-order valence-corrected chi connectivity index (χ1v) is 9.96. The SMILES string of the molecule is Cc1cn2nc(NCCS(=O)(=O)N3C[C@H](C)O[C@@H](C)C3)sc2n1. The molecule has 0 unspecified atom stereocenters. The summed E-state index contributed by atoms with van der Waals surface area (Å²) in [6, 6.07) is 0. The van der Waals surface area contributed by atoms with Crippen LogP contribution in [0.5, 0.6) is 0 Å². The zero-order chi connectivity index (χ0) is 16.6. The third kappa shape index (κ3) is 3.82. The number of hydrogen-bond acceptors (Lipinski definition) is 7. The molecule has 0 aliphatic carbocycles. The van der Waals surface area contributed by atoms with Gasteiger partial charge in [0.1, 0.15) is 0 Å². The average molecular weight is 359 g/mol. The Bertz CT molecular complexity index is 743. The van der Waals surface area contributed by atoms with Crippen LogP contribution < -0.4 is 5.32 Å². The maximum Gasteiger partial charge on any atom is 0.216 e. The van der Waals surface area contributed by atoms with E-state index in [1.165, 1.54) is 15.6 Å². The Labute approximate surface area is 139 Å². The highest BCUT2D eigenvalue weighted by Crippen LogP contribution is 2.19. The number of morpholine rings is 1. The highest BCUT2D eigenvalue weighted by molar-refractivity contribution is 7.89. The first-order valence-electron chi connectivity index (χ1n) is 7.53. The molecule has 23 heavy (non-hydrogen) atoms. The van der Waals surface area contributed by atoms with Crippen molar-refractivity contribution < 1.29 is 13.2 Å². The van der Waals surface area contributed by atoms with Crippen molar-refractivity contribution in [2.24, 2.45) is 0 Å². The molecule has 2 aromatic rings. The van der Waals surface area contributed by atoms with Gasteiger partial charge in [-0.25, -0.2) is 17.9 Å². The number of rotatable bonds is 5. The number of nitrogens with one attached hydrogen (secondary N) is 1. The molecule has 1 N–H and O–H groups in total. The topological polar surface area (TPSA) is 88.8 Å². The van der Waals surface area contributed by atoms with Gasteiger partial charge in [0.15, 0.2) is 0 Å². The Kier molecular flexibility index (Phi) is 4.59. The van der Waals surface area contributed by atoms with Gasteiger partial charge in [-0.1, -0.05) is 11.3 Å². The number of ether oxygens (including phenoxy) is 1. The Morgan fingerprint density at radius 2 is 2.09 bits per heavy atom. The van der Waals surface area contributed by atoms with Crippen molar-refractivity contribution in [2.75, 3.05) is 30.7 Å². The van der Waals surface area contributed by atoms with Crippen LogP contribution in [0.1, 0.15) is 19.5 Å². The predicted molar refractivity (Wildman–Crippen MR) is 89.5 cm³/mol. The van der Waals surface area contributed by atoms with E-state index in [1.54, 1.807) is 4.52 Å². The molecule has 10 heteroatoms. The first-order chi connectivity index (χ1) is 10.8. The molecule has 1 aliphatic rings. The standard InChI is InChI=1S/C13H21N5O3S2/c1-9-6-18-13(15-9)22-12(16-18)14-4-5-23(19,20)17-7-10(2)21-11(3)8-17/h6,10-11H,4-5,7-8H2,1-3H3,(H,14,16)/t10-,11-/m0/s1. The molecule has 1 fully saturated rings. The van der Waals surface area contributed by atoms with E-state index in [0.29, 0.717) is 24.8 Å². The monoisotopic (exact) mass is 359 g/mol. The van der Waals surface area contributed by atoms with Gasteiger partial charge >= 0.3 is 0 Å². The Balaban J connectivity index is 1.57. The molecule has 0 amide bonds. The van der Waals surface area contributed by atoms with Gasteiger partial charge in [0.25, 0.3) is 0 Å². The molecular formula is C13H21N5O3S2. The quantitative estimate of drug-likeness (QED) is 0.855. The van der Waals surface area contributed by atoms with Gasteiger partial charge in [0.2, 0.25) is 20.1 Å². The number of fused-ring (bicyclic) bond motifs is 1. The number of aryl methyl sites for hydroxylation is 1. The van der Waals surface area contributed by atoms with Crippen molar-refractivity contribution in [3.8, 4) is 0 Å². The van der Waals surface area contributed by atoms with Crippen LogP contribution in [-0.2, 0) is 14.8 Å². The lowest BCUT2D eigenvalue weighted by Crippen LogP contribution is -2.49. The summed E-state index contributed by atoms with van der Waals surface area (Å²) in [7, 11) is -3.30. The summed E-state index contributed by atoms with van der Waals surface area (Å²) in [6.07, 6.45) is 1.69. The smallest absolute Gasteiger partial charge is 0.216 e. The average Bonchev–Trinajstić information content (AvgIpc) is 2.94. The molecule has 128 valence electrons. The molecule has 1 saturated heterocycles. The predicted octanol–water partition coefficient (Wildman–Crippen LogP) is 0.950. The first kappa shape index (κ1) is 16.6. The summed E-state index contributed by atoms with van der Waals surface area (Å²) in [6.45, 7) is 6.84. The maximum atomic E-state index is 12.4. The third-order valence-electron chi connectivity index (χ3n) is 3.58. The molecular weight excluding hydrogens is 338 g/mol. The number of nitrogens with zero attached hydrogens (tertiary/aromatic N) is 4. The summed E-state index contributed by atoms with van der Waals surface area (Å²) in [4.78, 5) is 5.11. The molecule has 0 saturated carbocycles. The lowest BCUT2D eigenvalue weighted by molar-refractivity contribution is -0.0440. The zero-order valence-corrected chi connectivity index (χ0v) is 15.0. The molecule has 0 aromatic carbocycles. The van der Waals surface area contributed by atoms with E-state index < -0.39 is 10.0 Å². The van der Waals surface area contributed by atoms with Gasteiger partial charge in [-0.2, -0.15) is 4.31 Å². The van der Waals surface area contributed by atoms with Gasteiger partial charge in [-0.15, -0.1) is 5.10 Å². The van der Waals surface area contributed by atoms with Gasteiger partial charge < -0.3 is 10.1 Å². The van der Waals surface area contributed by atoms with Crippen molar-refractivity contribution in [1.82, 2.24) is 18.9 Å². The van der Waals surface area contributed by atoms with Gasteiger partial charge in [0, 0.05) is 19.6 Å². The van der Waals surface area contributed by atoms with E-state index in [2.05, 4.69) is 15.4 Å². The van der Waals surface area contributed by atoms with Gasteiger partial charge in [-0.3, -0.25) is 0 Å². The van der Waals surface area contributed by atoms with Crippen molar-refractivity contribution >= 4 is 31.5 Å². The minimum absolute atomic E-state index is 0.0351. The number of anilines is 1. The molecule has 0 radical (unpaired) electrons. The van der Waals surface area contributed by atoms with E-state index in [4.69, 9.17) is 4.74 Å². The van der Waals surface area contributed by atoms with Gasteiger partial charge in [-0.05, 0) is 20.8 Å². The summed E-state index contributed by atoms with van der Waals surface area (Å²) in [5.41, 5.74) is 0.911. The van der Waals surface area contributed by atoms with Crippen molar-refractivity contribution in [3.63, 3.8) is 0 Å². The van der Waals surface area contributed by atoms with E-state index in [-0.39, 0.29) is 18.0 Å². The second kappa shape index (κ2) is 6.34. The molecule has 1 aliphatic heterocycles. The minimum Gasteiger partial charge on any atom is -0.373 e. The number of imidazole rings is 1. The fourth-order valence-corrected chi connectivity index (χ4v) is 5.00. The third-order valence-corrected chi connectivity index (χ3v) is 6.26. The van der Waals surface area contributed by atoms with Crippen LogP contribution in [0.3, 0.4) is 0 Å². The van der Waals surface area contributed by atoms with Crippen LogP contribution in [0.15, 0.2) is 6.20 Å². The molecule has 0 bridgehead atoms. The lowest BCUT2D eigenvalue weighted by Gasteiger charge is -2.34. The fourth-order valence-electron chi connectivity index (χ4n) is 2.65. The van der Waals surface area contributed by atoms with Crippen LogP contribution >= 0.6 is 11.3 Å². The van der Waals surface area contributed by atoms with Crippen LogP contribution in [0.4, 0.5) is 5.13 Å². The van der Waals surface area contributed by atoms with Crippen molar-refractivity contribution in [2.45, 2.75) is 33.0 Å². The normalized spacial score (nSPS) is 23.4. The highest BCUT2D eigenvalue weighted by Gasteiger charge is 2.30. The minimum atomic E-state index is -3.30. The number of hydrogen-bond donors (Lipinski definition) is 1. The summed E-state index contributed by atoms with van der Waals surface area (Å²) < 4.78 is 33.7. The zero-order valence-electron chi connectivity index (χ0n) is 13.4.